The number of nitrogens with one attached hydrogen (secondary N) is 1. The number of rotatable bonds is 2. The second kappa shape index (κ2) is 5.88. The third-order valence-electron chi connectivity index (χ3n) is 4.22. The van der Waals surface area contributed by atoms with Crippen molar-refractivity contribution in [3.63, 3.8) is 0 Å². The predicted octanol–water partition coefficient (Wildman–Crippen LogP) is 4.75. The minimum Gasteiger partial charge on any atom is -0.382 e. The summed E-state index contributed by atoms with van der Waals surface area (Å²) in [5.74, 6) is 1.14. The van der Waals surface area contributed by atoms with E-state index in [1.807, 2.05) is 24.3 Å². The Hall–Kier alpha value is -1.48. The van der Waals surface area contributed by atoms with E-state index in [1.165, 1.54) is 44.2 Å². The molecule has 0 unspecified atom stereocenters. The van der Waals surface area contributed by atoms with Crippen LogP contribution < -0.4 is 5.73 Å². The minimum atomic E-state index is 0.549. The summed E-state index contributed by atoms with van der Waals surface area (Å²) in [5.41, 5.74) is 9.44. The standard InChI is InChI=1S/C16H20ClN3/c17-13-9-7-11(8-10-13)14-15(19-20-16(14)18)12-5-3-1-2-4-6-12/h7-10,12H,1-6H2,(H3,18,19,20). The molecule has 20 heavy (non-hydrogen) atoms. The molecule has 0 aliphatic heterocycles. The molecule has 1 aliphatic carbocycles. The van der Waals surface area contributed by atoms with Gasteiger partial charge in [0.05, 0.1) is 0 Å². The molecule has 106 valence electrons. The summed E-state index contributed by atoms with van der Waals surface area (Å²) in [6, 6.07) is 7.84. The molecule has 4 heteroatoms. The maximum absolute atomic E-state index is 6.08. The molecule has 0 saturated heterocycles. The van der Waals surface area contributed by atoms with Crippen molar-refractivity contribution < 1.29 is 0 Å². The van der Waals surface area contributed by atoms with E-state index in [9.17, 15) is 0 Å². The van der Waals surface area contributed by atoms with E-state index in [0.717, 1.165) is 16.1 Å². The number of aromatic nitrogens is 2. The third-order valence-corrected chi connectivity index (χ3v) is 4.47. The van der Waals surface area contributed by atoms with E-state index in [1.54, 1.807) is 0 Å². The number of aromatic amines is 1. The predicted molar refractivity (Wildman–Crippen MR) is 83.9 cm³/mol. The lowest BCUT2D eigenvalue weighted by Gasteiger charge is -2.14. The van der Waals surface area contributed by atoms with Crippen LogP contribution in [0.1, 0.15) is 50.1 Å². The fraction of sp³-hybridized carbons (Fsp3) is 0.438. The Morgan fingerprint density at radius 3 is 2.35 bits per heavy atom. The smallest absolute Gasteiger partial charge is 0.153 e. The molecule has 1 heterocycles. The number of hydrogen-bond acceptors (Lipinski definition) is 2. The number of benzene rings is 1. The van der Waals surface area contributed by atoms with E-state index in [4.69, 9.17) is 17.3 Å². The van der Waals surface area contributed by atoms with Crippen molar-refractivity contribution >= 4 is 17.4 Å². The Morgan fingerprint density at radius 1 is 1.05 bits per heavy atom. The summed E-state index contributed by atoms with van der Waals surface area (Å²) in [6.45, 7) is 0. The van der Waals surface area contributed by atoms with E-state index >= 15 is 0 Å². The normalized spacial score (nSPS) is 17.1. The molecule has 0 amide bonds. The van der Waals surface area contributed by atoms with Crippen LogP contribution in [0, 0.1) is 0 Å². The van der Waals surface area contributed by atoms with Crippen molar-refractivity contribution in [3.05, 3.63) is 35.0 Å². The molecule has 0 spiro atoms. The average molecular weight is 290 g/mol. The van der Waals surface area contributed by atoms with Gasteiger partial charge in [0, 0.05) is 22.2 Å². The van der Waals surface area contributed by atoms with Gasteiger partial charge in [-0.15, -0.1) is 0 Å². The van der Waals surface area contributed by atoms with Crippen LogP contribution in [-0.2, 0) is 0 Å². The number of nitrogen functional groups attached to an aromatic ring is 1. The summed E-state index contributed by atoms with van der Waals surface area (Å²) < 4.78 is 0. The molecule has 1 fully saturated rings. The fourth-order valence-electron chi connectivity index (χ4n) is 3.15. The van der Waals surface area contributed by atoms with Crippen molar-refractivity contribution in [3.8, 4) is 11.1 Å². The van der Waals surface area contributed by atoms with Gasteiger partial charge >= 0.3 is 0 Å². The molecular weight excluding hydrogens is 270 g/mol. The number of H-pyrrole nitrogens is 1. The lowest BCUT2D eigenvalue weighted by Crippen LogP contribution is -2.00. The largest absolute Gasteiger partial charge is 0.382 e. The first kappa shape index (κ1) is 13.5. The first-order chi connectivity index (χ1) is 9.75. The van der Waals surface area contributed by atoms with Crippen molar-refractivity contribution in [2.45, 2.75) is 44.4 Å². The van der Waals surface area contributed by atoms with Crippen molar-refractivity contribution in [2.75, 3.05) is 5.73 Å². The molecule has 0 bridgehead atoms. The molecule has 3 nitrogen and oxygen atoms in total. The number of nitrogens with zero attached hydrogens (tertiary/aromatic N) is 1. The van der Waals surface area contributed by atoms with Gasteiger partial charge in [-0.1, -0.05) is 49.4 Å². The Kier molecular flexibility index (Phi) is 3.97. The van der Waals surface area contributed by atoms with Crippen molar-refractivity contribution in [2.24, 2.45) is 0 Å². The second-order valence-electron chi connectivity index (χ2n) is 5.59. The first-order valence-corrected chi connectivity index (χ1v) is 7.73. The number of halogens is 1. The monoisotopic (exact) mass is 289 g/mol. The highest BCUT2D eigenvalue weighted by atomic mass is 35.5. The molecule has 0 atom stereocenters. The molecule has 1 aromatic heterocycles. The van der Waals surface area contributed by atoms with Gasteiger partial charge in [0.25, 0.3) is 0 Å². The van der Waals surface area contributed by atoms with Crippen LogP contribution in [0.15, 0.2) is 24.3 Å². The molecular formula is C16H20ClN3. The molecule has 1 aromatic carbocycles. The van der Waals surface area contributed by atoms with Gasteiger partial charge in [-0.25, -0.2) is 0 Å². The van der Waals surface area contributed by atoms with Crippen molar-refractivity contribution in [1.29, 1.82) is 0 Å². The van der Waals surface area contributed by atoms with Gasteiger partial charge in [-0.3, -0.25) is 5.10 Å². The van der Waals surface area contributed by atoms with E-state index < -0.39 is 0 Å². The SMILES string of the molecule is Nc1n[nH]c(C2CCCCCC2)c1-c1ccc(Cl)cc1. The summed E-state index contributed by atoms with van der Waals surface area (Å²) in [7, 11) is 0. The van der Waals surface area contributed by atoms with Gasteiger partial charge in [-0.2, -0.15) is 5.10 Å². The van der Waals surface area contributed by atoms with E-state index in [-0.39, 0.29) is 0 Å². The number of hydrogen-bond donors (Lipinski definition) is 2. The van der Waals surface area contributed by atoms with Crippen LogP contribution in [0.2, 0.25) is 5.02 Å². The van der Waals surface area contributed by atoms with Crippen LogP contribution in [0.3, 0.4) is 0 Å². The van der Waals surface area contributed by atoms with Crippen molar-refractivity contribution in [1.82, 2.24) is 10.2 Å². The van der Waals surface area contributed by atoms with Gasteiger partial charge in [-0.05, 0) is 30.5 Å². The Balaban J connectivity index is 1.98. The second-order valence-corrected chi connectivity index (χ2v) is 6.03. The van der Waals surface area contributed by atoms with Crippen LogP contribution >= 0.6 is 11.6 Å². The molecule has 3 rings (SSSR count). The maximum Gasteiger partial charge on any atom is 0.153 e. The highest BCUT2D eigenvalue weighted by Crippen LogP contribution is 2.38. The van der Waals surface area contributed by atoms with Crippen LogP contribution in [0.5, 0.6) is 0 Å². The molecule has 1 aliphatic rings. The topological polar surface area (TPSA) is 54.7 Å². The maximum atomic E-state index is 6.08. The van der Waals surface area contributed by atoms with E-state index in [2.05, 4.69) is 10.2 Å². The zero-order valence-corrected chi connectivity index (χ0v) is 12.3. The fourth-order valence-corrected chi connectivity index (χ4v) is 3.28. The van der Waals surface area contributed by atoms with Gasteiger partial charge < -0.3 is 5.73 Å². The van der Waals surface area contributed by atoms with Crippen LogP contribution in [0.4, 0.5) is 5.82 Å². The number of anilines is 1. The molecule has 2 aromatic rings. The van der Waals surface area contributed by atoms with Crippen LogP contribution in [-0.4, -0.2) is 10.2 Å². The molecule has 0 radical (unpaired) electrons. The van der Waals surface area contributed by atoms with Gasteiger partial charge in [0.15, 0.2) is 5.82 Å². The zero-order chi connectivity index (χ0) is 13.9. The summed E-state index contributed by atoms with van der Waals surface area (Å²) in [5, 5.41) is 8.16. The quantitative estimate of drug-likeness (QED) is 0.784. The summed E-state index contributed by atoms with van der Waals surface area (Å²) in [4.78, 5) is 0. The third kappa shape index (κ3) is 2.68. The summed E-state index contributed by atoms with van der Waals surface area (Å²) in [6.07, 6.45) is 7.73. The van der Waals surface area contributed by atoms with Gasteiger partial charge in [0.2, 0.25) is 0 Å². The lowest BCUT2D eigenvalue weighted by molar-refractivity contribution is 0.577. The Labute approximate surface area is 124 Å². The van der Waals surface area contributed by atoms with Gasteiger partial charge in [0.1, 0.15) is 0 Å². The highest BCUT2D eigenvalue weighted by Gasteiger charge is 2.22. The number of nitrogens with two attached hydrogens (primary N) is 1. The first-order valence-electron chi connectivity index (χ1n) is 7.35. The Morgan fingerprint density at radius 2 is 1.70 bits per heavy atom. The molecule has 1 saturated carbocycles. The van der Waals surface area contributed by atoms with Crippen LogP contribution in [0.25, 0.3) is 11.1 Å². The summed E-state index contributed by atoms with van der Waals surface area (Å²) >= 11 is 5.97. The average Bonchev–Trinajstić information content (AvgIpc) is 2.67. The zero-order valence-electron chi connectivity index (χ0n) is 11.5. The minimum absolute atomic E-state index is 0.549. The Bertz CT molecular complexity index is 566. The lowest BCUT2D eigenvalue weighted by atomic mass is 9.91. The van der Waals surface area contributed by atoms with E-state index in [0.29, 0.717) is 11.7 Å². The molecule has 3 N–H and O–H groups in total. The highest BCUT2D eigenvalue weighted by molar-refractivity contribution is 6.30.